The maximum atomic E-state index is 12.7. The zero-order chi connectivity index (χ0) is 27.8. The van der Waals surface area contributed by atoms with Gasteiger partial charge in [0.25, 0.3) is 10.1 Å². The molecule has 3 aliphatic rings. The maximum absolute atomic E-state index is 12.7. The summed E-state index contributed by atoms with van der Waals surface area (Å²) in [5.41, 5.74) is 0.131. The van der Waals surface area contributed by atoms with Crippen molar-refractivity contribution in [2.45, 2.75) is 69.3 Å². The molecule has 1 aromatic rings. The van der Waals surface area contributed by atoms with Crippen molar-refractivity contribution in [1.29, 1.82) is 0 Å². The first-order valence-corrected chi connectivity index (χ1v) is 16.6. The number of allylic oxidation sites excluding steroid dienone is 2. The summed E-state index contributed by atoms with van der Waals surface area (Å²) < 4.78 is 71.5. The minimum Gasteiger partial charge on any atom is -0.364 e. The summed E-state index contributed by atoms with van der Waals surface area (Å²) in [5, 5.41) is 0. The van der Waals surface area contributed by atoms with Crippen LogP contribution < -0.4 is 0 Å². The van der Waals surface area contributed by atoms with Crippen molar-refractivity contribution in [2.24, 2.45) is 17.3 Å². The summed E-state index contributed by atoms with van der Waals surface area (Å²) in [7, 11) is -6.94. The molecule has 2 fully saturated rings. The number of hydrogen-bond acceptors (Lipinski definition) is 8. The predicted molar refractivity (Wildman–Crippen MR) is 145 cm³/mol. The smallest absolute Gasteiger partial charge is 0.264 e. The number of rotatable bonds is 12. The lowest BCUT2D eigenvalue weighted by Gasteiger charge is -2.40. The average Bonchev–Trinajstić information content (AvgIpc) is 3.14. The van der Waals surface area contributed by atoms with Crippen molar-refractivity contribution < 1.29 is 35.2 Å². The van der Waals surface area contributed by atoms with E-state index in [9.17, 15) is 16.8 Å². The molecule has 1 aliphatic carbocycles. The molecule has 1 aromatic carbocycles. The van der Waals surface area contributed by atoms with Gasteiger partial charge in [-0.25, -0.2) is 8.42 Å². The summed E-state index contributed by atoms with van der Waals surface area (Å²) >= 11 is 0. The minimum atomic E-state index is -3.55. The minimum absolute atomic E-state index is 0.00788. The van der Waals surface area contributed by atoms with Crippen molar-refractivity contribution in [3.63, 3.8) is 0 Å². The topological polar surface area (TPSA) is 108 Å². The third-order valence-corrected chi connectivity index (χ3v) is 10.4. The van der Waals surface area contributed by atoms with Crippen molar-refractivity contribution in [1.82, 2.24) is 0 Å². The maximum Gasteiger partial charge on any atom is 0.264 e. The van der Waals surface area contributed by atoms with Crippen LogP contribution in [0.15, 0.2) is 59.0 Å². The molecule has 0 saturated carbocycles. The Morgan fingerprint density at radius 2 is 1.74 bits per heavy atom. The van der Waals surface area contributed by atoms with Crippen LogP contribution in [0.3, 0.4) is 0 Å². The lowest BCUT2D eigenvalue weighted by atomic mass is 9.68. The molecule has 10 heteroatoms. The van der Waals surface area contributed by atoms with Gasteiger partial charge in [-0.1, -0.05) is 48.9 Å². The molecule has 212 valence electrons. The Morgan fingerprint density at radius 3 is 2.37 bits per heavy atom. The SMILES string of the molecule is C/C(=C\CS(=O)(=O)c1ccccc1)CC[C@@H]1[C@@H](C2(C)OCCO2)C=C[C@@]1(C)C[C@H]1O[C@@]1(C)COS(C)(=O)=O. The molecule has 0 amide bonds. The van der Waals surface area contributed by atoms with Crippen molar-refractivity contribution >= 4 is 20.0 Å². The molecule has 0 aromatic heterocycles. The van der Waals surface area contributed by atoms with Crippen LogP contribution in [-0.4, -0.2) is 66.2 Å². The predicted octanol–water partition coefficient (Wildman–Crippen LogP) is 4.28. The summed E-state index contributed by atoms with van der Waals surface area (Å²) in [4.78, 5) is 0.326. The normalized spacial score (nSPS) is 33.1. The summed E-state index contributed by atoms with van der Waals surface area (Å²) in [6, 6.07) is 8.50. The van der Waals surface area contributed by atoms with E-state index < -0.39 is 31.3 Å². The van der Waals surface area contributed by atoms with Gasteiger partial charge in [-0.05, 0) is 63.5 Å². The van der Waals surface area contributed by atoms with E-state index in [1.54, 1.807) is 30.3 Å². The first kappa shape index (κ1) is 29.4. The van der Waals surface area contributed by atoms with Gasteiger partial charge in [-0.3, -0.25) is 4.18 Å². The number of ether oxygens (including phenoxy) is 3. The Hall–Kier alpha value is -1.56. The Balaban J connectivity index is 1.45. The standard InChI is InChI=1S/C28H40O8S2/c1-21(14-18-38(31,32)22-9-7-6-8-10-22)11-12-23-24(28(4)33-16-17-34-28)13-15-26(23,2)19-25-27(3,36-25)20-35-37(5,29)30/h6-10,13-15,23-25H,11-12,16-20H2,1-5H3/b21-14+/t23-,24+,25-,26+,27+/m1/s1. The molecule has 0 radical (unpaired) electrons. The second-order valence-corrected chi connectivity index (χ2v) is 15.2. The number of benzene rings is 1. The lowest BCUT2D eigenvalue weighted by Crippen LogP contribution is -2.42. The Morgan fingerprint density at radius 1 is 1.08 bits per heavy atom. The van der Waals surface area contributed by atoms with E-state index in [0.717, 1.165) is 24.7 Å². The van der Waals surface area contributed by atoms with Gasteiger partial charge in [0, 0.05) is 5.92 Å². The van der Waals surface area contributed by atoms with E-state index in [0.29, 0.717) is 24.5 Å². The number of sulfone groups is 1. The molecule has 4 rings (SSSR count). The molecule has 0 unspecified atom stereocenters. The van der Waals surface area contributed by atoms with Crippen molar-refractivity contribution in [2.75, 3.05) is 31.8 Å². The highest BCUT2D eigenvalue weighted by Gasteiger charge is 2.59. The molecule has 0 N–H and O–H groups in total. The molecule has 0 bridgehead atoms. The fourth-order valence-corrected chi connectivity index (χ4v) is 7.46. The van der Waals surface area contributed by atoms with E-state index >= 15 is 0 Å². The van der Waals surface area contributed by atoms with Crippen LogP contribution in [0.2, 0.25) is 0 Å². The van der Waals surface area contributed by atoms with E-state index in [2.05, 4.69) is 19.1 Å². The monoisotopic (exact) mass is 568 g/mol. The van der Waals surface area contributed by atoms with Gasteiger partial charge in [0.15, 0.2) is 15.6 Å². The lowest BCUT2D eigenvalue weighted by molar-refractivity contribution is -0.185. The Kier molecular flexibility index (Phi) is 8.35. The molecule has 38 heavy (non-hydrogen) atoms. The second kappa shape index (κ2) is 10.8. The highest BCUT2D eigenvalue weighted by atomic mass is 32.2. The molecule has 0 spiro atoms. The first-order chi connectivity index (χ1) is 17.7. The van der Waals surface area contributed by atoms with Crippen LogP contribution in [-0.2, 0) is 38.3 Å². The van der Waals surface area contributed by atoms with Gasteiger partial charge in [-0.15, -0.1) is 0 Å². The van der Waals surface area contributed by atoms with E-state index in [1.165, 1.54) is 0 Å². The van der Waals surface area contributed by atoms with E-state index in [4.69, 9.17) is 18.4 Å². The fourth-order valence-electron chi connectivity index (χ4n) is 5.74. The van der Waals surface area contributed by atoms with Crippen molar-refractivity contribution in [3.05, 3.63) is 54.1 Å². The zero-order valence-electron chi connectivity index (χ0n) is 22.9. The van der Waals surface area contributed by atoms with Gasteiger partial charge in [-0.2, -0.15) is 8.42 Å². The molecular formula is C28H40O8S2. The molecule has 2 saturated heterocycles. The molecular weight excluding hydrogens is 528 g/mol. The average molecular weight is 569 g/mol. The van der Waals surface area contributed by atoms with E-state index in [1.807, 2.05) is 26.8 Å². The first-order valence-electron chi connectivity index (χ1n) is 13.1. The second-order valence-electron chi connectivity index (χ2n) is 11.5. The summed E-state index contributed by atoms with van der Waals surface area (Å²) in [6.45, 7) is 9.13. The van der Waals surface area contributed by atoms with Crippen molar-refractivity contribution in [3.8, 4) is 0 Å². The van der Waals surface area contributed by atoms with Crippen LogP contribution in [0.25, 0.3) is 0 Å². The molecule has 5 atom stereocenters. The van der Waals surface area contributed by atoms with Crippen LogP contribution in [0, 0.1) is 17.3 Å². The molecule has 2 heterocycles. The Labute approximate surface area is 227 Å². The number of hydrogen-bond donors (Lipinski definition) is 0. The zero-order valence-corrected chi connectivity index (χ0v) is 24.5. The van der Waals surface area contributed by atoms with Gasteiger partial charge >= 0.3 is 0 Å². The third-order valence-electron chi connectivity index (χ3n) is 8.25. The van der Waals surface area contributed by atoms with Gasteiger partial charge < -0.3 is 14.2 Å². The molecule has 8 nitrogen and oxygen atoms in total. The van der Waals surface area contributed by atoms with Crippen LogP contribution in [0.5, 0.6) is 0 Å². The molecule has 2 aliphatic heterocycles. The summed E-state index contributed by atoms with van der Waals surface area (Å²) in [6.07, 6.45) is 9.37. The van der Waals surface area contributed by atoms with Gasteiger partial charge in [0.2, 0.25) is 0 Å². The quantitative estimate of drug-likeness (QED) is 0.209. The van der Waals surface area contributed by atoms with Crippen LogP contribution in [0.4, 0.5) is 0 Å². The van der Waals surface area contributed by atoms with Gasteiger partial charge in [0.1, 0.15) is 5.60 Å². The van der Waals surface area contributed by atoms with Gasteiger partial charge in [0.05, 0.1) is 42.8 Å². The number of epoxide rings is 1. The van der Waals surface area contributed by atoms with Crippen LogP contribution >= 0.6 is 0 Å². The van der Waals surface area contributed by atoms with Crippen LogP contribution in [0.1, 0.15) is 47.0 Å². The highest BCUT2D eigenvalue weighted by Crippen LogP contribution is 2.56. The Bertz CT molecular complexity index is 1260. The third kappa shape index (κ3) is 6.77. The largest absolute Gasteiger partial charge is 0.364 e. The van der Waals surface area contributed by atoms with E-state index in [-0.39, 0.29) is 35.7 Å². The summed E-state index contributed by atoms with van der Waals surface area (Å²) in [5.74, 6) is -0.581. The highest BCUT2D eigenvalue weighted by molar-refractivity contribution is 7.91. The fraction of sp³-hybridized carbons (Fsp3) is 0.643.